The van der Waals surface area contributed by atoms with E-state index in [2.05, 4.69) is 9.72 Å². The molecule has 4 rings (SSSR count). The molecule has 0 bridgehead atoms. The zero-order valence-electron chi connectivity index (χ0n) is 14.9. The maximum Gasteiger partial charge on any atom is 0.573 e. The number of carbonyl (C=O) groups excluding carboxylic acids is 1. The number of carbonyl (C=O) groups is 1. The summed E-state index contributed by atoms with van der Waals surface area (Å²) < 4.78 is 52.5. The van der Waals surface area contributed by atoms with Crippen molar-refractivity contribution in [3.63, 3.8) is 0 Å². The average molecular weight is 402 g/mol. The van der Waals surface area contributed by atoms with E-state index in [1.165, 1.54) is 19.2 Å². The van der Waals surface area contributed by atoms with Crippen LogP contribution in [0, 0.1) is 0 Å². The number of rotatable bonds is 4. The topological polar surface area (TPSA) is 87.6 Å². The Morgan fingerprint density at radius 2 is 1.93 bits per heavy atom. The molecule has 2 aromatic heterocycles. The first-order chi connectivity index (χ1) is 13.7. The van der Waals surface area contributed by atoms with Crippen LogP contribution >= 0.6 is 0 Å². The van der Waals surface area contributed by atoms with Crippen molar-refractivity contribution in [2.24, 2.45) is 5.73 Å². The van der Waals surface area contributed by atoms with E-state index in [0.29, 0.717) is 22.8 Å². The van der Waals surface area contributed by atoms with E-state index >= 15 is 0 Å². The number of primary amides is 1. The Kier molecular flexibility index (Phi) is 4.30. The summed E-state index contributed by atoms with van der Waals surface area (Å²) >= 11 is 0. The minimum Gasteiger partial charge on any atom is -0.493 e. The first kappa shape index (κ1) is 18.6. The zero-order valence-corrected chi connectivity index (χ0v) is 14.9. The highest BCUT2D eigenvalue weighted by atomic mass is 19.4. The Balaban J connectivity index is 1.88. The molecular weight excluding hydrogens is 389 g/mol. The van der Waals surface area contributed by atoms with Crippen LogP contribution in [-0.4, -0.2) is 24.4 Å². The minimum absolute atomic E-state index is 0.00922. The van der Waals surface area contributed by atoms with Gasteiger partial charge in [-0.25, -0.2) is 4.98 Å². The molecule has 2 heterocycles. The maximum atomic E-state index is 12.5. The highest BCUT2D eigenvalue weighted by Gasteiger charge is 2.31. The lowest BCUT2D eigenvalue weighted by atomic mass is 10.1. The van der Waals surface area contributed by atoms with Gasteiger partial charge in [-0.3, -0.25) is 4.79 Å². The third-order valence-corrected chi connectivity index (χ3v) is 4.26. The minimum atomic E-state index is -4.86. The number of pyridine rings is 1. The standard InChI is InChI=1S/C20H13F3N2O4/c1-27-16-4-2-3-10-7-17(28-18(10)16)15-9-13(19(24)26)12-8-11(29-20(21,22)23)5-6-14(12)25-15/h2-9H,1H3,(H2,24,26). The molecule has 0 fully saturated rings. The van der Waals surface area contributed by atoms with Crippen LogP contribution in [-0.2, 0) is 0 Å². The number of aromatic nitrogens is 1. The van der Waals surface area contributed by atoms with Crippen LogP contribution in [0.3, 0.4) is 0 Å². The van der Waals surface area contributed by atoms with Crippen molar-refractivity contribution >= 4 is 27.8 Å². The fourth-order valence-electron chi connectivity index (χ4n) is 3.06. The first-order valence-corrected chi connectivity index (χ1v) is 8.32. The Hall–Kier alpha value is -3.75. The van der Waals surface area contributed by atoms with Gasteiger partial charge in [-0.15, -0.1) is 13.2 Å². The van der Waals surface area contributed by atoms with Gasteiger partial charge in [-0.05, 0) is 36.4 Å². The fraction of sp³-hybridized carbons (Fsp3) is 0.100. The number of halogens is 3. The molecule has 0 unspecified atom stereocenters. The molecule has 2 aromatic carbocycles. The lowest BCUT2D eigenvalue weighted by Gasteiger charge is -2.11. The molecule has 0 saturated heterocycles. The van der Waals surface area contributed by atoms with Gasteiger partial charge in [0, 0.05) is 10.8 Å². The summed E-state index contributed by atoms with van der Waals surface area (Å²) in [6.07, 6.45) is -4.86. The van der Waals surface area contributed by atoms with Crippen LogP contribution < -0.4 is 15.2 Å². The highest BCUT2D eigenvalue weighted by molar-refractivity contribution is 6.06. The van der Waals surface area contributed by atoms with Gasteiger partial charge in [-0.1, -0.05) is 12.1 Å². The van der Waals surface area contributed by atoms with Gasteiger partial charge in [0.1, 0.15) is 11.4 Å². The molecule has 148 valence electrons. The third kappa shape index (κ3) is 3.54. The van der Waals surface area contributed by atoms with Gasteiger partial charge in [0.05, 0.1) is 18.2 Å². The quantitative estimate of drug-likeness (QED) is 0.537. The number of furan rings is 1. The Morgan fingerprint density at radius 1 is 1.14 bits per heavy atom. The van der Waals surface area contributed by atoms with Crippen molar-refractivity contribution in [3.8, 4) is 23.0 Å². The van der Waals surface area contributed by atoms with Gasteiger partial charge >= 0.3 is 6.36 Å². The van der Waals surface area contributed by atoms with Crippen molar-refractivity contribution in [1.29, 1.82) is 0 Å². The third-order valence-electron chi connectivity index (χ3n) is 4.26. The molecule has 2 N–H and O–H groups in total. The van der Waals surface area contributed by atoms with E-state index in [4.69, 9.17) is 14.9 Å². The second-order valence-electron chi connectivity index (χ2n) is 6.14. The van der Waals surface area contributed by atoms with E-state index in [1.807, 2.05) is 6.07 Å². The predicted octanol–water partition coefficient (Wildman–Crippen LogP) is 4.65. The molecule has 4 aromatic rings. The molecule has 29 heavy (non-hydrogen) atoms. The van der Waals surface area contributed by atoms with Gasteiger partial charge in [0.25, 0.3) is 0 Å². The van der Waals surface area contributed by atoms with Crippen LogP contribution in [0.4, 0.5) is 13.2 Å². The van der Waals surface area contributed by atoms with Crippen LogP contribution in [0.2, 0.25) is 0 Å². The Bertz CT molecular complexity index is 1250. The smallest absolute Gasteiger partial charge is 0.493 e. The second-order valence-corrected chi connectivity index (χ2v) is 6.14. The number of ether oxygens (including phenoxy) is 2. The van der Waals surface area contributed by atoms with Gasteiger partial charge < -0.3 is 19.6 Å². The molecule has 0 aliphatic carbocycles. The number of hydrogen-bond donors (Lipinski definition) is 1. The number of amides is 1. The van der Waals surface area contributed by atoms with Crippen LogP contribution in [0.25, 0.3) is 33.3 Å². The monoisotopic (exact) mass is 402 g/mol. The average Bonchev–Trinajstić information content (AvgIpc) is 3.10. The number of benzene rings is 2. The van der Waals surface area contributed by atoms with Crippen molar-refractivity contribution in [3.05, 3.63) is 54.1 Å². The second kappa shape index (κ2) is 6.69. The molecule has 9 heteroatoms. The van der Waals surface area contributed by atoms with Crippen molar-refractivity contribution in [1.82, 2.24) is 4.98 Å². The van der Waals surface area contributed by atoms with E-state index < -0.39 is 18.0 Å². The zero-order chi connectivity index (χ0) is 20.8. The molecule has 0 radical (unpaired) electrons. The summed E-state index contributed by atoms with van der Waals surface area (Å²) in [6, 6.07) is 11.9. The van der Waals surface area contributed by atoms with E-state index in [1.54, 1.807) is 18.2 Å². The predicted molar refractivity (Wildman–Crippen MR) is 98.7 cm³/mol. The van der Waals surface area contributed by atoms with Crippen molar-refractivity contribution < 1.29 is 31.9 Å². The van der Waals surface area contributed by atoms with Gasteiger partial charge in [-0.2, -0.15) is 0 Å². The number of alkyl halides is 3. The summed E-state index contributed by atoms with van der Waals surface area (Å²) in [4.78, 5) is 16.3. The molecular formula is C20H13F3N2O4. The molecule has 0 spiro atoms. The summed E-state index contributed by atoms with van der Waals surface area (Å²) in [5.41, 5.74) is 6.50. The van der Waals surface area contributed by atoms with Crippen molar-refractivity contribution in [2.45, 2.75) is 6.36 Å². The molecule has 0 aliphatic heterocycles. The van der Waals surface area contributed by atoms with Crippen LogP contribution in [0.15, 0.2) is 52.9 Å². The normalized spacial score (nSPS) is 11.7. The van der Waals surface area contributed by atoms with Gasteiger partial charge in [0.15, 0.2) is 17.1 Å². The summed E-state index contributed by atoms with van der Waals surface area (Å²) in [7, 11) is 1.51. The van der Waals surface area contributed by atoms with E-state index in [0.717, 1.165) is 17.5 Å². The Morgan fingerprint density at radius 3 is 2.62 bits per heavy atom. The SMILES string of the molecule is COc1cccc2cc(-c3cc(C(N)=O)c4cc(OC(F)(F)F)ccc4n3)oc12. The number of fused-ring (bicyclic) bond motifs is 2. The van der Waals surface area contributed by atoms with E-state index in [9.17, 15) is 18.0 Å². The first-order valence-electron chi connectivity index (χ1n) is 8.32. The number of nitrogens with two attached hydrogens (primary N) is 1. The number of methoxy groups -OCH3 is 1. The Labute approximate surface area is 161 Å². The van der Waals surface area contributed by atoms with E-state index in [-0.39, 0.29) is 16.5 Å². The lowest BCUT2D eigenvalue weighted by Crippen LogP contribution is -2.17. The summed E-state index contributed by atoms with van der Waals surface area (Å²) in [5.74, 6) is -0.421. The molecule has 0 saturated carbocycles. The largest absolute Gasteiger partial charge is 0.573 e. The van der Waals surface area contributed by atoms with Crippen LogP contribution in [0.5, 0.6) is 11.5 Å². The summed E-state index contributed by atoms with van der Waals surface area (Å²) in [5, 5.41) is 0.896. The van der Waals surface area contributed by atoms with Crippen LogP contribution in [0.1, 0.15) is 10.4 Å². The number of nitrogens with zero attached hydrogens (tertiary/aromatic N) is 1. The number of hydrogen-bond acceptors (Lipinski definition) is 5. The molecule has 1 amide bonds. The maximum absolute atomic E-state index is 12.5. The number of para-hydroxylation sites is 1. The highest BCUT2D eigenvalue weighted by Crippen LogP contribution is 2.35. The molecule has 0 aliphatic rings. The fourth-order valence-corrected chi connectivity index (χ4v) is 3.06. The molecule has 6 nitrogen and oxygen atoms in total. The summed E-state index contributed by atoms with van der Waals surface area (Å²) in [6.45, 7) is 0. The van der Waals surface area contributed by atoms with Crippen molar-refractivity contribution in [2.75, 3.05) is 7.11 Å². The van der Waals surface area contributed by atoms with Gasteiger partial charge in [0.2, 0.25) is 5.91 Å². The molecule has 0 atom stereocenters. The lowest BCUT2D eigenvalue weighted by molar-refractivity contribution is -0.274.